The van der Waals surface area contributed by atoms with Crippen LogP contribution in [0, 0.1) is 10.8 Å². The Morgan fingerprint density at radius 2 is 1.85 bits per heavy atom. The average molecular weight is 402 g/mol. The van der Waals surface area contributed by atoms with Gasteiger partial charge in [0.25, 0.3) is 0 Å². The molecule has 1 saturated heterocycles. The van der Waals surface area contributed by atoms with Crippen molar-refractivity contribution in [2.24, 2.45) is 10.8 Å². The highest BCUT2D eigenvalue weighted by molar-refractivity contribution is 7.93. The van der Waals surface area contributed by atoms with Crippen molar-refractivity contribution in [2.45, 2.75) is 50.2 Å². The molecule has 3 rings (SSSR count). The van der Waals surface area contributed by atoms with E-state index in [4.69, 9.17) is 16.3 Å². The first-order valence-corrected chi connectivity index (χ1v) is 10.3. The molecule has 0 radical (unpaired) electrons. The summed E-state index contributed by atoms with van der Waals surface area (Å²) in [6.45, 7) is 7.98. The predicted molar refractivity (Wildman–Crippen MR) is 99.3 cm³/mol. The second-order valence-corrected chi connectivity index (χ2v) is 11.6. The van der Waals surface area contributed by atoms with E-state index < -0.39 is 25.7 Å². The fraction of sp³-hybridized carbons (Fsp3) is 0.611. The number of halogens is 1. The van der Waals surface area contributed by atoms with E-state index in [0.717, 1.165) is 0 Å². The Hall–Kier alpha value is -1.31. The molecule has 0 atom stereocenters. The molecule has 8 heteroatoms. The number of phenols is 1. The predicted octanol–water partition coefficient (Wildman–Crippen LogP) is 3.37. The molecule has 26 heavy (non-hydrogen) atoms. The number of anilines is 1. The minimum Gasteiger partial charge on any atom is -0.504 e. The number of hydrogen-bond acceptors (Lipinski definition) is 5. The van der Waals surface area contributed by atoms with Gasteiger partial charge in [0.15, 0.2) is 15.6 Å². The normalized spacial score (nSPS) is 21.0. The maximum absolute atomic E-state index is 13.2. The van der Waals surface area contributed by atoms with Crippen LogP contribution in [0.15, 0.2) is 17.0 Å². The van der Waals surface area contributed by atoms with E-state index in [0.29, 0.717) is 26.1 Å². The van der Waals surface area contributed by atoms with Gasteiger partial charge in [-0.05, 0) is 31.9 Å². The van der Waals surface area contributed by atoms with Crippen LogP contribution in [0.25, 0.3) is 0 Å². The molecule has 1 aliphatic heterocycles. The molecule has 1 aromatic rings. The molecule has 1 amide bonds. The van der Waals surface area contributed by atoms with Crippen LogP contribution in [0.3, 0.4) is 0 Å². The van der Waals surface area contributed by atoms with Crippen LogP contribution >= 0.6 is 11.6 Å². The fourth-order valence-electron chi connectivity index (χ4n) is 3.78. The number of nitrogens with one attached hydrogen (secondary N) is 1. The van der Waals surface area contributed by atoms with E-state index in [9.17, 15) is 18.3 Å². The van der Waals surface area contributed by atoms with Crippen LogP contribution in [0.2, 0.25) is 5.02 Å². The SMILES string of the molecule is CC(C)(C)C(=O)Nc1ccc(Cl)c(S(=O)(=O)C2(C)CC3(COC3)C2)c1O. The summed E-state index contributed by atoms with van der Waals surface area (Å²) in [7, 11) is -3.89. The van der Waals surface area contributed by atoms with Crippen LogP contribution in [-0.4, -0.2) is 37.4 Å². The van der Waals surface area contributed by atoms with Crippen molar-refractivity contribution in [1.29, 1.82) is 0 Å². The van der Waals surface area contributed by atoms with Crippen molar-refractivity contribution >= 4 is 33.0 Å². The molecule has 1 heterocycles. The van der Waals surface area contributed by atoms with Gasteiger partial charge in [-0.25, -0.2) is 8.42 Å². The lowest BCUT2D eigenvalue weighted by atomic mass is 9.61. The van der Waals surface area contributed by atoms with Crippen molar-refractivity contribution in [1.82, 2.24) is 0 Å². The maximum atomic E-state index is 13.2. The minimum absolute atomic E-state index is 0.0394. The summed E-state index contributed by atoms with van der Waals surface area (Å²) < 4.78 is 30.7. The van der Waals surface area contributed by atoms with E-state index in [1.54, 1.807) is 27.7 Å². The number of ether oxygens (including phenoxy) is 1. The summed E-state index contributed by atoms with van der Waals surface area (Å²) >= 11 is 6.14. The number of carbonyl (C=O) groups is 1. The van der Waals surface area contributed by atoms with Gasteiger partial charge in [-0.1, -0.05) is 32.4 Å². The minimum atomic E-state index is -3.89. The number of sulfone groups is 1. The number of amides is 1. The third kappa shape index (κ3) is 2.90. The lowest BCUT2D eigenvalue weighted by Crippen LogP contribution is -2.62. The molecule has 6 nitrogen and oxygen atoms in total. The van der Waals surface area contributed by atoms with Gasteiger partial charge in [0.05, 0.1) is 28.7 Å². The van der Waals surface area contributed by atoms with Crippen LogP contribution in [0.5, 0.6) is 5.75 Å². The molecule has 1 spiro atoms. The van der Waals surface area contributed by atoms with Crippen LogP contribution in [-0.2, 0) is 19.4 Å². The van der Waals surface area contributed by atoms with Gasteiger partial charge < -0.3 is 15.2 Å². The van der Waals surface area contributed by atoms with Crippen molar-refractivity contribution in [2.75, 3.05) is 18.5 Å². The number of hydrogen-bond donors (Lipinski definition) is 2. The van der Waals surface area contributed by atoms with Crippen molar-refractivity contribution in [3.63, 3.8) is 0 Å². The zero-order chi connectivity index (χ0) is 19.5. The van der Waals surface area contributed by atoms with Crippen LogP contribution in [0.4, 0.5) is 5.69 Å². The Morgan fingerprint density at radius 3 is 2.31 bits per heavy atom. The van der Waals surface area contributed by atoms with E-state index in [-0.39, 0.29) is 26.9 Å². The van der Waals surface area contributed by atoms with E-state index >= 15 is 0 Å². The number of phenolic OH excluding ortho intramolecular Hbond substituents is 1. The van der Waals surface area contributed by atoms with Gasteiger partial charge in [0.2, 0.25) is 5.91 Å². The first-order valence-electron chi connectivity index (χ1n) is 8.47. The summed E-state index contributed by atoms with van der Waals surface area (Å²) in [5, 5.41) is 13.1. The Kier molecular flexibility index (Phi) is 4.37. The maximum Gasteiger partial charge on any atom is 0.229 e. The highest BCUT2D eigenvalue weighted by Crippen LogP contribution is 2.59. The van der Waals surface area contributed by atoms with Gasteiger partial charge in [-0.15, -0.1) is 0 Å². The molecule has 1 aliphatic carbocycles. The van der Waals surface area contributed by atoms with Crippen molar-refractivity contribution in [3.05, 3.63) is 17.2 Å². The quantitative estimate of drug-likeness (QED) is 0.757. The number of carbonyl (C=O) groups excluding carboxylic acids is 1. The van der Waals surface area contributed by atoms with Gasteiger partial charge in [0, 0.05) is 10.8 Å². The zero-order valence-electron chi connectivity index (χ0n) is 15.3. The first-order chi connectivity index (χ1) is 11.8. The summed E-state index contributed by atoms with van der Waals surface area (Å²) in [5.74, 6) is -0.846. The van der Waals surface area contributed by atoms with E-state index in [1.165, 1.54) is 12.1 Å². The Morgan fingerprint density at radius 1 is 1.27 bits per heavy atom. The monoisotopic (exact) mass is 401 g/mol. The molecule has 2 fully saturated rings. The summed E-state index contributed by atoms with van der Waals surface area (Å²) in [6.07, 6.45) is 0.938. The van der Waals surface area contributed by atoms with E-state index in [2.05, 4.69) is 5.32 Å². The molecular formula is C18H24ClNO5S. The molecule has 0 aromatic heterocycles. The molecular weight excluding hydrogens is 378 g/mol. The Labute approximate surface area is 158 Å². The van der Waals surface area contributed by atoms with Crippen LogP contribution in [0.1, 0.15) is 40.5 Å². The van der Waals surface area contributed by atoms with E-state index in [1.807, 2.05) is 0 Å². The second-order valence-electron chi connectivity index (χ2n) is 8.78. The third-order valence-corrected chi connectivity index (χ3v) is 8.21. The molecule has 0 unspecified atom stereocenters. The second kappa shape index (κ2) is 5.84. The van der Waals surface area contributed by atoms with Gasteiger partial charge in [-0.3, -0.25) is 4.79 Å². The van der Waals surface area contributed by atoms with Gasteiger partial charge >= 0.3 is 0 Å². The van der Waals surface area contributed by atoms with Gasteiger partial charge in [0.1, 0.15) is 4.90 Å². The largest absolute Gasteiger partial charge is 0.504 e. The first kappa shape index (κ1) is 19.5. The lowest BCUT2D eigenvalue weighted by Gasteiger charge is -2.58. The smallest absolute Gasteiger partial charge is 0.229 e. The molecule has 0 bridgehead atoms. The van der Waals surface area contributed by atoms with Crippen molar-refractivity contribution < 1.29 is 23.1 Å². The summed E-state index contributed by atoms with van der Waals surface area (Å²) in [4.78, 5) is 11.9. The average Bonchev–Trinajstić information content (AvgIpc) is 2.43. The highest BCUT2D eigenvalue weighted by atomic mass is 35.5. The topological polar surface area (TPSA) is 92.7 Å². The highest BCUT2D eigenvalue weighted by Gasteiger charge is 2.62. The Balaban J connectivity index is 1.97. The molecule has 1 saturated carbocycles. The number of aromatic hydroxyl groups is 1. The molecule has 144 valence electrons. The molecule has 1 aromatic carbocycles. The fourth-order valence-corrected chi connectivity index (χ4v) is 6.41. The summed E-state index contributed by atoms with van der Waals surface area (Å²) in [5.41, 5.74) is -0.721. The van der Waals surface area contributed by atoms with Gasteiger partial charge in [-0.2, -0.15) is 0 Å². The van der Waals surface area contributed by atoms with Crippen molar-refractivity contribution in [3.8, 4) is 5.75 Å². The Bertz CT molecular complexity index is 860. The van der Waals surface area contributed by atoms with Crippen LogP contribution < -0.4 is 5.32 Å². The standard InChI is InChI=1S/C18H24ClNO5S/c1-16(2,3)15(22)20-12-6-5-11(19)14(13(12)21)26(23,24)17(4)7-18(8-17)9-25-10-18/h5-6,21H,7-10H2,1-4H3,(H,20,22). The molecule has 2 N–H and O–H groups in total. The number of benzene rings is 1. The number of rotatable bonds is 3. The summed E-state index contributed by atoms with van der Waals surface area (Å²) in [6, 6.07) is 2.79. The molecule has 2 aliphatic rings. The lowest BCUT2D eigenvalue weighted by molar-refractivity contribution is -0.168. The zero-order valence-corrected chi connectivity index (χ0v) is 16.9. The third-order valence-electron chi connectivity index (χ3n) is 5.24.